The molecule has 0 saturated carbocycles. The molecule has 11 nitrogen and oxygen atoms in total. The van der Waals surface area contributed by atoms with E-state index < -0.39 is 23.1 Å². The van der Waals surface area contributed by atoms with E-state index in [2.05, 4.69) is 27.0 Å². The summed E-state index contributed by atoms with van der Waals surface area (Å²) in [6, 6.07) is 1.68. The molecule has 6 rings (SSSR count). The topological polar surface area (TPSA) is 115 Å². The Bertz CT molecular complexity index is 1650. The first-order valence-corrected chi connectivity index (χ1v) is 15.3. The first kappa shape index (κ1) is 32.3. The van der Waals surface area contributed by atoms with Gasteiger partial charge in [0, 0.05) is 62.9 Å². The lowest BCUT2D eigenvalue weighted by Crippen LogP contribution is -2.72. The van der Waals surface area contributed by atoms with E-state index >= 15 is 0 Å². The number of likely N-dealkylation sites (tertiary alicyclic amines) is 2. The number of nitrogens with two attached hydrogens (primary N) is 1. The van der Waals surface area contributed by atoms with E-state index in [0.717, 1.165) is 25.2 Å². The molecule has 1 spiro atoms. The molecule has 3 aliphatic rings. The average molecular weight is 667 g/mol. The predicted octanol–water partition coefficient (Wildman–Crippen LogP) is 3.80. The zero-order valence-electron chi connectivity index (χ0n) is 25.8. The zero-order chi connectivity index (χ0) is 33.0. The summed E-state index contributed by atoms with van der Waals surface area (Å²) in [5.74, 6) is -0.876. The molecular formula is C30H35ClF4N8O3. The summed E-state index contributed by atoms with van der Waals surface area (Å²) < 4.78 is 68.8. The normalized spacial score (nSPS) is 17.8. The Morgan fingerprint density at radius 1 is 1.09 bits per heavy atom. The lowest BCUT2D eigenvalue weighted by molar-refractivity contribution is -0.138. The molecule has 1 aromatic carbocycles. The zero-order valence-corrected chi connectivity index (χ0v) is 26.5. The third kappa shape index (κ3) is 5.84. The van der Waals surface area contributed by atoms with Crippen LogP contribution in [-0.2, 0) is 43.5 Å². The lowest BCUT2D eigenvalue weighted by Gasteiger charge is -2.59. The second-order valence-electron chi connectivity index (χ2n) is 12.3. The molecule has 2 N–H and O–H groups in total. The van der Waals surface area contributed by atoms with Gasteiger partial charge in [-0.25, -0.2) is 4.39 Å². The number of benzene rings is 1. The highest BCUT2D eigenvalue weighted by Crippen LogP contribution is 2.40. The smallest absolute Gasteiger partial charge is 0.416 e. The van der Waals surface area contributed by atoms with E-state index in [1.165, 1.54) is 14.2 Å². The van der Waals surface area contributed by atoms with Gasteiger partial charge in [0.15, 0.2) is 5.69 Å². The number of carbonyl (C=O) groups excluding carboxylic acids is 1. The van der Waals surface area contributed by atoms with Gasteiger partial charge in [-0.2, -0.15) is 28.2 Å². The number of carbonyl (C=O) groups is 1. The van der Waals surface area contributed by atoms with Gasteiger partial charge in [0.25, 0.3) is 5.91 Å². The molecule has 0 radical (unpaired) electrons. The first-order valence-electron chi connectivity index (χ1n) is 14.9. The standard InChI is InChI=1S/C30H35ClF4N8O3/c1-40-13-29(14-40)15-42(16-29)27(44)25-23(31)22-11-41(9-4-10-43(22)39-25)26-18(12-45-2)21(37-28(38-26)46-3)8-5-17-19(30(33,34)35)6-7-20(36)24(17)32/h6-7H,4-5,8-16,36H2,1-3H3. The second-order valence-corrected chi connectivity index (χ2v) is 12.7. The maximum atomic E-state index is 14.9. The van der Waals surface area contributed by atoms with Gasteiger partial charge in [0.1, 0.15) is 11.6 Å². The van der Waals surface area contributed by atoms with Crippen LogP contribution in [0.1, 0.15) is 45.0 Å². The van der Waals surface area contributed by atoms with Crippen LogP contribution in [0, 0.1) is 11.2 Å². The summed E-state index contributed by atoms with van der Waals surface area (Å²) in [6.45, 7) is 4.58. The Morgan fingerprint density at radius 3 is 2.48 bits per heavy atom. The van der Waals surface area contributed by atoms with E-state index in [9.17, 15) is 22.4 Å². The van der Waals surface area contributed by atoms with Gasteiger partial charge in [-0.3, -0.25) is 9.48 Å². The Labute approximate surface area is 268 Å². The summed E-state index contributed by atoms with van der Waals surface area (Å²) in [6.07, 6.45) is -4.55. The highest BCUT2D eigenvalue weighted by Gasteiger charge is 2.52. The largest absolute Gasteiger partial charge is 0.467 e. The molecule has 248 valence electrons. The number of amides is 1. The Hall–Kier alpha value is -3.69. The fourth-order valence-corrected chi connectivity index (χ4v) is 7.17. The number of fused-ring (bicyclic) bond motifs is 1. The van der Waals surface area contributed by atoms with E-state index in [4.69, 9.17) is 26.8 Å². The molecule has 16 heteroatoms. The van der Waals surface area contributed by atoms with Gasteiger partial charge in [-0.05, 0) is 38.4 Å². The lowest BCUT2D eigenvalue weighted by atomic mass is 9.73. The number of alkyl halides is 3. The van der Waals surface area contributed by atoms with Crippen molar-refractivity contribution >= 4 is 29.0 Å². The van der Waals surface area contributed by atoms with Crippen molar-refractivity contribution in [1.82, 2.24) is 29.5 Å². The molecule has 0 bridgehead atoms. The molecule has 3 aromatic rings. The number of hydrogen-bond acceptors (Lipinski definition) is 9. The van der Waals surface area contributed by atoms with Crippen molar-refractivity contribution in [3.63, 3.8) is 0 Å². The monoisotopic (exact) mass is 666 g/mol. The van der Waals surface area contributed by atoms with Crippen molar-refractivity contribution < 1.29 is 31.8 Å². The maximum Gasteiger partial charge on any atom is 0.416 e. The summed E-state index contributed by atoms with van der Waals surface area (Å²) in [4.78, 5) is 28.4. The number of hydrogen-bond donors (Lipinski definition) is 1. The molecular weight excluding hydrogens is 632 g/mol. The Kier molecular flexibility index (Phi) is 8.52. The van der Waals surface area contributed by atoms with Gasteiger partial charge < -0.3 is 29.9 Å². The molecule has 3 aliphatic heterocycles. The number of aromatic nitrogens is 4. The Morgan fingerprint density at radius 2 is 1.83 bits per heavy atom. The van der Waals surface area contributed by atoms with Gasteiger partial charge in [-0.1, -0.05) is 11.6 Å². The number of methoxy groups -OCH3 is 2. The van der Waals surface area contributed by atoms with E-state index in [1.807, 2.05) is 4.90 Å². The number of nitrogen functional groups attached to an aromatic ring is 1. The molecule has 1 amide bonds. The van der Waals surface area contributed by atoms with Gasteiger partial charge in [0.05, 0.1) is 47.9 Å². The summed E-state index contributed by atoms with van der Waals surface area (Å²) in [5, 5.41) is 4.87. The SMILES string of the molecule is COCc1c(CCc2c(C(F)(F)F)ccc(N)c2F)nc(OC)nc1N1CCCn2nc(C(=O)N3CC4(CN(C)C4)C3)c(Cl)c2C1. The van der Waals surface area contributed by atoms with Crippen LogP contribution >= 0.6 is 11.6 Å². The fourth-order valence-electron chi connectivity index (χ4n) is 6.89. The van der Waals surface area contributed by atoms with Crippen LogP contribution < -0.4 is 15.4 Å². The van der Waals surface area contributed by atoms with E-state index in [1.54, 1.807) is 9.58 Å². The molecule has 0 unspecified atom stereocenters. The van der Waals surface area contributed by atoms with E-state index in [0.29, 0.717) is 55.4 Å². The quantitative estimate of drug-likeness (QED) is 0.283. The Balaban J connectivity index is 1.29. The molecule has 2 fully saturated rings. The van der Waals surface area contributed by atoms with Gasteiger partial charge in [-0.15, -0.1) is 0 Å². The molecule has 46 heavy (non-hydrogen) atoms. The van der Waals surface area contributed by atoms with Crippen molar-refractivity contribution in [3.8, 4) is 6.01 Å². The second kappa shape index (κ2) is 12.2. The highest BCUT2D eigenvalue weighted by molar-refractivity contribution is 6.34. The molecule has 2 saturated heterocycles. The fraction of sp³-hybridized carbons (Fsp3) is 0.533. The van der Waals surface area contributed by atoms with Crippen molar-refractivity contribution in [2.45, 2.75) is 45.1 Å². The van der Waals surface area contributed by atoms with Crippen molar-refractivity contribution in [2.75, 3.05) is 64.6 Å². The number of nitrogens with zero attached hydrogens (tertiary/aromatic N) is 7. The third-order valence-electron chi connectivity index (χ3n) is 8.90. The number of halogens is 5. The number of aryl methyl sites for hydroxylation is 2. The summed E-state index contributed by atoms with van der Waals surface area (Å²) in [5.41, 5.74) is 5.48. The van der Waals surface area contributed by atoms with Crippen molar-refractivity contribution in [2.24, 2.45) is 5.41 Å². The molecule has 0 aliphatic carbocycles. The van der Waals surface area contributed by atoms with Crippen LogP contribution in [-0.4, -0.2) is 89.4 Å². The number of ether oxygens (including phenoxy) is 2. The van der Waals surface area contributed by atoms with Crippen LogP contribution in [0.3, 0.4) is 0 Å². The third-order valence-corrected chi connectivity index (χ3v) is 9.29. The summed E-state index contributed by atoms with van der Waals surface area (Å²) >= 11 is 6.83. The van der Waals surface area contributed by atoms with E-state index in [-0.39, 0.29) is 59.7 Å². The van der Waals surface area contributed by atoms with Crippen LogP contribution in [0.4, 0.5) is 29.1 Å². The molecule has 5 heterocycles. The van der Waals surface area contributed by atoms with Crippen LogP contribution in [0.15, 0.2) is 12.1 Å². The summed E-state index contributed by atoms with van der Waals surface area (Å²) in [7, 11) is 4.92. The van der Waals surface area contributed by atoms with Crippen molar-refractivity contribution in [1.29, 1.82) is 0 Å². The molecule has 2 aromatic heterocycles. The minimum Gasteiger partial charge on any atom is -0.467 e. The number of rotatable bonds is 8. The number of anilines is 2. The highest BCUT2D eigenvalue weighted by atomic mass is 35.5. The predicted molar refractivity (Wildman–Crippen MR) is 161 cm³/mol. The van der Waals surface area contributed by atoms with Crippen LogP contribution in [0.25, 0.3) is 0 Å². The van der Waals surface area contributed by atoms with Crippen molar-refractivity contribution in [3.05, 3.63) is 56.7 Å². The van der Waals surface area contributed by atoms with Crippen LogP contribution in [0.2, 0.25) is 5.02 Å². The average Bonchev–Trinajstić information content (AvgIpc) is 3.13. The first-order chi connectivity index (χ1) is 21.8. The maximum absolute atomic E-state index is 14.9. The van der Waals surface area contributed by atoms with Gasteiger partial charge in [0.2, 0.25) is 0 Å². The minimum absolute atomic E-state index is 0.0120. The van der Waals surface area contributed by atoms with Gasteiger partial charge >= 0.3 is 12.2 Å². The van der Waals surface area contributed by atoms with Crippen LogP contribution in [0.5, 0.6) is 6.01 Å². The molecule has 0 atom stereocenters. The minimum atomic E-state index is -4.77.